The maximum atomic E-state index is 12.8. The van der Waals surface area contributed by atoms with Crippen LogP contribution in [0.3, 0.4) is 0 Å². The first-order valence-corrected chi connectivity index (χ1v) is 8.97. The molecule has 0 spiro atoms. The molecule has 5 heteroatoms. The van der Waals surface area contributed by atoms with Crippen LogP contribution in [0.2, 0.25) is 0 Å². The molecule has 3 atom stereocenters. The van der Waals surface area contributed by atoms with Gasteiger partial charge in [0.2, 0.25) is 5.91 Å². The molecular formula is C19H29N3O2. The van der Waals surface area contributed by atoms with E-state index in [-0.39, 0.29) is 24.0 Å². The molecule has 1 heterocycles. The van der Waals surface area contributed by atoms with E-state index in [1.165, 1.54) is 11.3 Å². The summed E-state index contributed by atoms with van der Waals surface area (Å²) in [5.41, 5.74) is 8.59. The van der Waals surface area contributed by atoms with Crippen LogP contribution in [0.5, 0.6) is 0 Å². The van der Waals surface area contributed by atoms with Crippen LogP contribution in [0.1, 0.15) is 24.8 Å². The molecule has 132 valence electrons. The Morgan fingerprint density at radius 2 is 1.79 bits per heavy atom. The van der Waals surface area contributed by atoms with Crippen LogP contribution < -0.4 is 10.6 Å². The molecule has 1 saturated heterocycles. The SMILES string of the molecule is CO[C@@H]1C[C@@H](C(=O)N2CCN(c3ccc(C)cc3)CC2)CC[C@H]1N. The van der Waals surface area contributed by atoms with Crippen molar-refractivity contribution in [2.24, 2.45) is 11.7 Å². The maximum Gasteiger partial charge on any atom is 0.225 e. The highest BCUT2D eigenvalue weighted by atomic mass is 16.5. The number of hydrogen-bond acceptors (Lipinski definition) is 4. The lowest BCUT2D eigenvalue weighted by Crippen LogP contribution is -2.52. The number of nitrogens with zero attached hydrogens (tertiary/aromatic N) is 2. The molecule has 5 nitrogen and oxygen atoms in total. The molecule has 3 rings (SSSR count). The summed E-state index contributed by atoms with van der Waals surface area (Å²) in [7, 11) is 1.69. The second-order valence-electron chi connectivity index (χ2n) is 7.10. The number of nitrogens with two attached hydrogens (primary N) is 1. The van der Waals surface area contributed by atoms with Gasteiger partial charge in [-0.1, -0.05) is 17.7 Å². The summed E-state index contributed by atoms with van der Waals surface area (Å²) in [6, 6.07) is 8.68. The van der Waals surface area contributed by atoms with Gasteiger partial charge in [0.05, 0.1) is 6.10 Å². The second-order valence-corrected chi connectivity index (χ2v) is 7.10. The van der Waals surface area contributed by atoms with Gasteiger partial charge in [-0.25, -0.2) is 0 Å². The van der Waals surface area contributed by atoms with E-state index in [4.69, 9.17) is 10.5 Å². The molecule has 2 fully saturated rings. The predicted molar refractivity (Wildman–Crippen MR) is 96.1 cm³/mol. The van der Waals surface area contributed by atoms with Gasteiger partial charge in [0.15, 0.2) is 0 Å². The van der Waals surface area contributed by atoms with Gasteiger partial charge >= 0.3 is 0 Å². The summed E-state index contributed by atoms with van der Waals surface area (Å²) in [6.45, 7) is 5.49. The van der Waals surface area contributed by atoms with Crippen molar-refractivity contribution < 1.29 is 9.53 Å². The van der Waals surface area contributed by atoms with Crippen molar-refractivity contribution in [3.05, 3.63) is 29.8 Å². The molecule has 0 bridgehead atoms. The highest BCUT2D eigenvalue weighted by molar-refractivity contribution is 5.79. The summed E-state index contributed by atoms with van der Waals surface area (Å²) in [6.07, 6.45) is 2.53. The molecule has 0 unspecified atom stereocenters. The van der Waals surface area contributed by atoms with Crippen LogP contribution in [-0.2, 0) is 9.53 Å². The van der Waals surface area contributed by atoms with Crippen LogP contribution in [0, 0.1) is 12.8 Å². The average molecular weight is 331 g/mol. The number of benzene rings is 1. The number of methoxy groups -OCH3 is 1. The van der Waals surface area contributed by atoms with Crippen LogP contribution in [0.15, 0.2) is 24.3 Å². The third-order valence-electron chi connectivity index (χ3n) is 5.49. The Morgan fingerprint density at radius 3 is 2.42 bits per heavy atom. The molecular weight excluding hydrogens is 302 g/mol. The minimum atomic E-state index is 0.0153. The van der Waals surface area contributed by atoms with Crippen LogP contribution >= 0.6 is 0 Å². The fourth-order valence-electron chi connectivity index (χ4n) is 3.85. The lowest BCUT2D eigenvalue weighted by Gasteiger charge is -2.39. The van der Waals surface area contributed by atoms with Gasteiger partial charge in [-0.3, -0.25) is 4.79 Å². The first kappa shape index (κ1) is 17.2. The number of carbonyl (C=O) groups excluding carboxylic acids is 1. The van der Waals surface area contributed by atoms with Crippen molar-refractivity contribution in [1.29, 1.82) is 0 Å². The fraction of sp³-hybridized carbons (Fsp3) is 0.632. The normalized spacial score (nSPS) is 28.0. The van der Waals surface area contributed by atoms with Gasteiger partial charge in [-0.15, -0.1) is 0 Å². The number of anilines is 1. The minimum Gasteiger partial charge on any atom is -0.380 e. The average Bonchev–Trinajstić information content (AvgIpc) is 2.62. The summed E-state index contributed by atoms with van der Waals surface area (Å²) in [4.78, 5) is 17.2. The molecule has 0 aromatic heterocycles. The van der Waals surface area contributed by atoms with E-state index in [0.29, 0.717) is 0 Å². The number of amides is 1. The fourth-order valence-corrected chi connectivity index (χ4v) is 3.85. The Balaban J connectivity index is 1.54. The molecule has 1 aliphatic carbocycles. The summed E-state index contributed by atoms with van der Waals surface area (Å²) < 4.78 is 5.45. The lowest BCUT2D eigenvalue weighted by molar-refractivity contribution is -0.138. The van der Waals surface area contributed by atoms with Crippen molar-refractivity contribution in [2.45, 2.75) is 38.3 Å². The highest BCUT2D eigenvalue weighted by Gasteiger charge is 2.35. The minimum absolute atomic E-state index is 0.0153. The van der Waals surface area contributed by atoms with E-state index in [1.807, 2.05) is 4.90 Å². The van der Waals surface area contributed by atoms with Gasteiger partial charge in [0.25, 0.3) is 0 Å². The molecule has 1 aliphatic heterocycles. The van der Waals surface area contributed by atoms with Crippen molar-refractivity contribution >= 4 is 11.6 Å². The van der Waals surface area contributed by atoms with Crippen molar-refractivity contribution in [1.82, 2.24) is 4.90 Å². The molecule has 1 aromatic rings. The van der Waals surface area contributed by atoms with Gasteiger partial charge in [0, 0.05) is 50.9 Å². The van der Waals surface area contributed by atoms with E-state index in [9.17, 15) is 4.79 Å². The van der Waals surface area contributed by atoms with E-state index in [1.54, 1.807) is 7.11 Å². The smallest absolute Gasteiger partial charge is 0.225 e. The number of carbonyl (C=O) groups is 1. The van der Waals surface area contributed by atoms with Gasteiger partial charge in [0.1, 0.15) is 0 Å². The zero-order valence-corrected chi connectivity index (χ0v) is 14.8. The first-order valence-electron chi connectivity index (χ1n) is 8.97. The molecule has 1 aromatic carbocycles. The second kappa shape index (κ2) is 7.53. The van der Waals surface area contributed by atoms with E-state index < -0.39 is 0 Å². The Bertz CT molecular complexity index is 552. The summed E-state index contributed by atoms with van der Waals surface area (Å²) in [5, 5.41) is 0. The Morgan fingerprint density at radius 1 is 1.12 bits per heavy atom. The highest BCUT2D eigenvalue weighted by Crippen LogP contribution is 2.28. The number of aryl methyl sites for hydroxylation is 1. The van der Waals surface area contributed by atoms with Gasteiger partial charge in [-0.05, 0) is 38.3 Å². The van der Waals surface area contributed by atoms with Crippen molar-refractivity contribution in [2.75, 3.05) is 38.2 Å². The third-order valence-corrected chi connectivity index (χ3v) is 5.49. The zero-order valence-electron chi connectivity index (χ0n) is 14.8. The Hall–Kier alpha value is -1.59. The van der Waals surface area contributed by atoms with E-state index >= 15 is 0 Å². The van der Waals surface area contributed by atoms with Crippen molar-refractivity contribution in [3.63, 3.8) is 0 Å². The van der Waals surface area contributed by atoms with Crippen LogP contribution in [0.25, 0.3) is 0 Å². The monoisotopic (exact) mass is 331 g/mol. The van der Waals surface area contributed by atoms with E-state index in [2.05, 4.69) is 36.1 Å². The molecule has 2 N–H and O–H groups in total. The number of hydrogen-bond donors (Lipinski definition) is 1. The quantitative estimate of drug-likeness (QED) is 0.917. The maximum absolute atomic E-state index is 12.8. The standard InChI is InChI=1S/C19H29N3O2/c1-14-3-6-16(7-4-14)21-9-11-22(12-10-21)19(23)15-5-8-17(20)18(13-15)24-2/h3-4,6-7,15,17-18H,5,8-13,20H2,1-2H3/t15-,17+,18+/m0/s1. The molecule has 2 aliphatic rings. The number of ether oxygens (including phenoxy) is 1. The van der Waals surface area contributed by atoms with Crippen molar-refractivity contribution in [3.8, 4) is 0 Å². The zero-order chi connectivity index (χ0) is 17.1. The van der Waals surface area contributed by atoms with Crippen LogP contribution in [0.4, 0.5) is 5.69 Å². The third kappa shape index (κ3) is 3.73. The largest absolute Gasteiger partial charge is 0.380 e. The molecule has 1 saturated carbocycles. The topological polar surface area (TPSA) is 58.8 Å². The summed E-state index contributed by atoms with van der Waals surface area (Å²) >= 11 is 0. The molecule has 1 amide bonds. The molecule has 0 radical (unpaired) electrons. The number of piperazine rings is 1. The predicted octanol–water partition coefficient (Wildman–Crippen LogP) is 1.79. The van der Waals surface area contributed by atoms with E-state index in [0.717, 1.165) is 45.4 Å². The van der Waals surface area contributed by atoms with Gasteiger partial charge < -0.3 is 20.3 Å². The molecule has 24 heavy (non-hydrogen) atoms. The first-order chi connectivity index (χ1) is 11.6. The van der Waals surface area contributed by atoms with Gasteiger partial charge in [-0.2, -0.15) is 0 Å². The number of rotatable bonds is 3. The summed E-state index contributed by atoms with van der Waals surface area (Å²) in [5.74, 6) is 0.355. The lowest BCUT2D eigenvalue weighted by atomic mass is 9.83. The Kier molecular flexibility index (Phi) is 5.41. The van der Waals surface area contributed by atoms with Crippen LogP contribution in [-0.4, -0.2) is 56.2 Å². The Labute approximate surface area is 144 Å².